The molecule has 1 aliphatic carbocycles. The molecule has 0 radical (unpaired) electrons. The molecule has 1 aliphatic rings. The summed E-state index contributed by atoms with van der Waals surface area (Å²) in [6.07, 6.45) is 5.38. The van der Waals surface area contributed by atoms with Gasteiger partial charge >= 0.3 is 5.97 Å². The average molecular weight is 241 g/mol. The van der Waals surface area contributed by atoms with E-state index in [1.165, 1.54) is 32.8 Å². The number of nitrogens with two attached hydrogens (primary N) is 1. The number of rotatable bonds is 4. The molecule has 17 heavy (non-hydrogen) atoms. The van der Waals surface area contributed by atoms with E-state index in [1.54, 1.807) is 0 Å². The zero-order valence-electron chi connectivity index (χ0n) is 11.7. The lowest BCUT2D eigenvalue weighted by Crippen LogP contribution is -2.46. The molecule has 1 fully saturated rings. The summed E-state index contributed by atoms with van der Waals surface area (Å²) < 4.78 is 4.79. The van der Waals surface area contributed by atoms with E-state index in [4.69, 9.17) is 10.5 Å². The monoisotopic (exact) mass is 241 g/mol. The number of esters is 1. The Morgan fingerprint density at radius 1 is 1.35 bits per heavy atom. The number of hydrogen-bond donors (Lipinski definition) is 1. The largest absolute Gasteiger partial charge is 0.469 e. The summed E-state index contributed by atoms with van der Waals surface area (Å²) in [6, 6.07) is 0. The van der Waals surface area contributed by atoms with Crippen LogP contribution in [0.3, 0.4) is 0 Å². The Morgan fingerprint density at radius 2 is 1.88 bits per heavy atom. The van der Waals surface area contributed by atoms with Crippen molar-refractivity contribution in [3.8, 4) is 0 Å². The van der Waals surface area contributed by atoms with Gasteiger partial charge in [-0.1, -0.05) is 19.8 Å². The first-order valence-corrected chi connectivity index (χ1v) is 6.70. The van der Waals surface area contributed by atoms with Crippen LogP contribution in [0.15, 0.2) is 0 Å². The quantitative estimate of drug-likeness (QED) is 0.770. The molecule has 100 valence electrons. The minimum atomic E-state index is -0.306. The summed E-state index contributed by atoms with van der Waals surface area (Å²) in [7, 11) is 1.45. The van der Waals surface area contributed by atoms with Gasteiger partial charge in [0, 0.05) is 5.54 Å². The fourth-order valence-corrected chi connectivity index (χ4v) is 2.99. The van der Waals surface area contributed by atoms with E-state index in [-0.39, 0.29) is 17.4 Å². The summed E-state index contributed by atoms with van der Waals surface area (Å²) in [4.78, 5) is 11.5. The van der Waals surface area contributed by atoms with Crippen LogP contribution in [-0.4, -0.2) is 18.6 Å². The Hall–Kier alpha value is -0.570. The minimum Gasteiger partial charge on any atom is -0.469 e. The molecule has 0 saturated heterocycles. The lowest BCUT2D eigenvalue weighted by Gasteiger charge is -2.39. The van der Waals surface area contributed by atoms with Crippen LogP contribution in [0, 0.1) is 17.8 Å². The first-order chi connectivity index (χ1) is 7.84. The Morgan fingerprint density at radius 3 is 2.29 bits per heavy atom. The highest BCUT2D eigenvalue weighted by Gasteiger charge is 2.36. The van der Waals surface area contributed by atoms with Crippen LogP contribution in [0.5, 0.6) is 0 Å². The first-order valence-electron chi connectivity index (χ1n) is 6.70. The molecule has 1 atom stereocenters. The second-order valence-corrected chi connectivity index (χ2v) is 6.23. The van der Waals surface area contributed by atoms with Crippen LogP contribution in [0.1, 0.15) is 52.9 Å². The smallest absolute Gasteiger partial charge is 0.305 e. The Bertz CT molecular complexity index is 249. The standard InChI is InChI=1S/C14H27NO2/c1-10-5-7-11(8-6-10)12(14(2,3)15)9-13(16)17-4/h10-12H,5-9,15H2,1-4H3. The van der Waals surface area contributed by atoms with E-state index in [1.807, 2.05) is 13.8 Å². The second kappa shape index (κ2) is 5.85. The molecule has 0 amide bonds. The zero-order chi connectivity index (χ0) is 13.1. The molecule has 0 aromatic carbocycles. The number of ether oxygens (including phenoxy) is 1. The Balaban J connectivity index is 2.66. The van der Waals surface area contributed by atoms with Crippen molar-refractivity contribution in [2.24, 2.45) is 23.5 Å². The molecule has 0 aromatic rings. The number of carbonyl (C=O) groups is 1. The van der Waals surface area contributed by atoms with E-state index >= 15 is 0 Å². The van der Waals surface area contributed by atoms with Gasteiger partial charge < -0.3 is 10.5 Å². The van der Waals surface area contributed by atoms with E-state index in [2.05, 4.69) is 6.92 Å². The van der Waals surface area contributed by atoms with Gasteiger partial charge in [0.15, 0.2) is 0 Å². The van der Waals surface area contributed by atoms with Crippen molar-refractivity contribution in [3.63, 3.8) is 0 Å². The predicted molar refractivity (Wildman–Crippen MR) is 69.5 cm³/mol. The van der Waals surface area contributed by atoms with E-state index in [9.17, 15) is 4.79 Å². The maximum Gasteiger partial charge on any atom is 0.305 e. The Kier molecular flexibility index (Phi) is 4.99. The van der Waals surface area contributed by atoms with E-state index < -0.39 is 0 Å². The summed E-state index contributed by atoms with van der Waals surface area (Å²) in [5.74, 6) is 1.51. The third-order valence-corrected chi connectivity index (χ3v) is 4.20. The lowest BCUT2D eigenvalue weighted by atomic mass is 9.69. The van der Waals surface area contributed by atoms with Gasteiger partial charge in [-0.05, 0) is 44.4 Å². The third-order valence-electron chi connectivity index (χ3n) is 4.20. The molecule has 1 rings (SSSR count). The van der Waals surface area contributed by atoms with E-state index in [0.29, 0.717) is 12.3 Å². The molecule has 3 nitrogen and oxygen atoms in total. The molecule has 0 bridgehead atoms. The van der Waals surface area contributed by atoms with Gasteiger partial charge in [-0.2, -0.15) is 0 Å². The maximum absolute atomic E-state index is 11.5. The molecule has 1 saturated carbocycles. The summed E-state index contributed by atoms with van der Waals surface area (Å²) in [5, 5.41) is 0. The Labute approximate surface area is 105 Å². The molecule has 0 heterocycles. The molecule has 2 N–H and O–H groups in total. The number of hydrogen-bond acceptors (Lipinski definition) is 3. The van der Waals surface area contributed by atoms with Gasteiger partial charge in [-0.3, -0.25) is 4.79 Å². The van der Waals surface area contributed by atoms with Crippen LogP contribution >= 0.6 is 0 Å². The van der Waals surface area contributed by atoms with Crippen molar-refractivity contribution in [3.05, 3.63) is 0 Å². The highest BCUT2D eigenvalue weighted by molar-refractivity contribution is 5.69. The van der Waals surface area contributed by atoms with Crippen LogP contribution < -0.4 is 5.73 Å². The van der Waals surface area contributed by atoms with Gasteiger partial charge in [0.05, 0.1) is 13.5 Å². The molecular formula is C14H27NO2. The van der Waals surface area contributed by atoms with Crippen molar-refractivity contribution in [1.82, 2.24) is 0 Å². The van der Waals surface area contributed by atoms with E-state index in [0.717, 1.165) is 5.92 Å². The number of carbonyl (C=O) groups excluding carboxylic acids is 1. The maximum atomic E-state index is 11.5. The van der Waals surface area contributed by atoms with Crippen molar-refractivity contribution < 1.29 is 9.53 Å². The summed E-state index contributed by atoms with van der Waals surface area (Å²) in [5.41, 5.74) is 5.93. The zero-order valence-corrected chi connectivity index (χ0v) is 11.7. The van der Waals surface area contributed by atoms with Crippen molar-refractivity contribution in [2.75, 3.05) is 7.11 Å². The molecular weight excluding hydrogens is 214 g/mol. The highest BCUT2D eigenvalue weighted by Crippen LogP contribution is 2.38. The molecule has 0 aliphatic heterocycles. The van der Waals surface area contributed by atoms with Gasteiger partial charge in [-0.15, -0.1) is 0 Å². The second-order valence-electron chi connectivity index (χ2n) is 6.23. The average Bonchev–Trinajstić information content (AvgIpc) is 2.25. The van der Waals surface area contributed by atoms with Gasteiger partial charge in [-0.25, -0.2) is 0 Å². The molecule has 0 spiro atoms. The third kappa shape index (κ3) is 4.30. The molecule has 0 aromatic heterocycles. The SMILES string of the molecule is COC(=O)CC(C1CCC(C)CC1)C(C)(C)N. The summed E-state index contributed by atoms with van der Waals surface area (Å²) in [6.45, 7) is 6.36. The predicted octanol–water partition coefficient (Wildman–Crippen LogP) is 2.73. The normalized spacial score (nSPS) is 27.6. The van der Waals surface area contributed by atoms with Crippen LogP contribution in [-0.2, 0) is 9.53 Å². The fraction of sp³-hybridized carbons (Fsp3) is 0.929. The van der Waals surface area contributed by atoms with Gasteiger partial charge in [0.25, 0.3) is 0 Å². The lowest BCUT2D eigenvalue weighted by molar-refractivity contribution is -0.143. The minimum absolute atomic E-state index is 0.132. The van der Waals surface area contributed by atoms with Gasteiger partial charge in [0.2, 0.25) is 0 Å². The van der Waals surface area contributed by atoms with Crippen LogP contribution in [0.25, 0.3) is 0 Å². The highest BCUT2D eigenvalue weighted by atomic mass is 16.5. The fourth-order valence-electron chi connectivity index (χ4n) is 2.99. The topological polar surface area (TPSA) is 52.3 Å². The van der Waals surface area contributed by atoms with Crippen LogP contribution in [0.2, 0.25) is 0 Å². The number of methoxy groups -OCH3 is 1. The molecule has 1 unspecified atom stereocenters. The van der Waals surface area contributed by atoms with Crippen molar-refractivity contribution in [2.45, 2.75) is 58.4 Å². The van der Waals surface area contributed by atoms with Crippen molar-refractivity contribution in [1.29, 1.82) is 0 Å². The van der Waals surface area contributed by atoms with Crippen LogP contribution in [0.4, 0.5) is 0 Å². The first kappa shape index (κ1) is 14.5. The molecule has 3 heteroatoms. The summed E-state index contributed by atoms with van der Waals surface area (Å²) >= 11 is 0. The van der Waals surface area contributed by atoms with Gasteiger partial charge in [0.1, 0.15) is 0 Å². The van der Waals surface area contributed by atoms with Crippen molar-refractivity contribution >= 4 is 5.97 Å².